The van der Waals surface area contributed by atoms with Gasteiger partial charge in [0.05, 0.1) is 23.0 Å². The van der Waals surface area contributed by atoms with E-state index in [1.54, 1.807) is 35.6 Å². The van der Waals surface area contributed by atoms with E-state index in [1.165, 1.54) is 24.1 Å². The molecule has 0 unspecified atom stereocenters. The van der Waals surface area contributed by atoms with Gasteiger partial charge >= 0.3 is 0 Å². The lowest BCUT2D eigenvalue weighted by atomic mass is 10.2. The van der Waals surface area contributed by atoms with E-state index in [2.05, 4.69) is 10.3 Å². The summed E-state index contributed by atoms with van der Waals surface area (Å²) in [6, 6.07) is 16.8. The zero-order valence-corrected chi connectivity index (χ0v) is 16.0. The smallest absolute Gasteiger partial charge is 0.262 e. The van der Waals surface area contributed by atoms with Crippen molar-refractivity contribution in [1.82, 2.24) is 10.3 Å². The zero-order chi connectivity index (χ0) is 19.3. The number of benzene rings is 1. The Bertz CT molecular complexity index is 1150. The van der Waals surface area contributed by atoms with Gasteiger partial charge in [-0.2, -0.15) is 5.26 Å². The Labute approximate surface area is 168 Å². The van der Waals surface area contributed by atoms with Crippen LogP contribution in [0.25, 0.3) is 16.3 Å². The van der Waals surface area contributed by atoms with Gasteiger partial charge in [-0.15, -0.1) is 11.3 Å². The molecule has 1 aromatic carbocycles. The van der Waals surface area contributed by atoms with Crippen molar-refractivity contribution in [2.45, 2.75) is 16.0 Å². The first-order valence-corrected chi connectivity index (χ1v) is 9.90. The molecule has 1 amide bonds. The van der Waals surface area contributed by atoms with Gasteiger partial charge < -0.3 is 14.2 Å². The molecule has 0 aliphatic rings. The van der Waals surface area contributed by atoms with Crippen LogP contribution in [0.2, 0.25) is 0 Å². The number of para-hydroxylation sites is 1. The van der Waals surface area contributed by atoms with Gasteiger partial charge in [-0.1, -0.05) is 12.1 Å². The average Bonchev–Trinajstić information content (AvgIpc) is 3.45. The SMILES string of the molecule is N#CC(=Cc1ccc(Sc2nc3ccccc3s2)o1)C(=O)NCc1ccco1. The molecule has 1 N–H and O–H groups in total. The lowest BCUT2D eigenvalue weighted by Gasteiger charge is -2.01. The predicted octanol–water partition coefficient (Wildman–Crippen LogP) is 4.86. The Morgan fingerprint density at radius 2 is 2.14 bits per heavy atom. The van der Waals surface area contributed by atoms with Gasteiger partial charge in [0.15, 0.2) is 9.43 Å². The molecular formula is C20H13N3O3S2. The van der Waals surface area contributed by atoms with E-state index in [4.69, 9.17) is 8.83 Å². The van der Waals surface area contributed by atoms with Gasteiger partial charge in [0.2, 0.25) is 0 Å². The van der Waals surface area contributed by atoms with Gasteiger partial charge in [0, 0.05) is 6.08 Å². The maximum atomic E-state index is 12.2. The van der Waals surface area contributed by atoms with Gasteiger partial charge in [-0.05, 0) is 48.2 Å². The van der Waals surface area contributed by atoms with Crippen LogP contribution in [0.5, 0.6) is 0 Å². The fourth-order valence-electron chi connectivity index (χ4n) is 2.41. The Morgan fingerprint density at radius 3 is 2.93 bits per heavy atom. The van der Waals surface area contributed by atoms with Crippen LogP contribution in [0, 0.1) is 11.3 Å². The average molecular weight is 407 g/mol. The van der Waals surface area contributed by atoms with E-state index in [1.807, 2.05) is 30.3 Å². The van der Waals surface area contributed by atoms with Gasteiger partial charge in [0.1, 0.15) is 23.2 Å². The number of carbonyl (C=O) groups is 1. The molecule has 0 fully saturated rings. The van der Waals surface area contributed by atoms with Crippen molar-refractivity contribution in [2.24, 2.45) is 0 Å². The third-order valence-electron chi connectivity index (χ3n) is 3.72. The molecule has 4 aromatic rings. The third kappa shape index (κ3) is 4.17. The van der Waals surface area contributed by atoms with Crippen molar-refractivity contribution < 1.29 is 13.6 Å². The van der Waals surface area contributed by atoms with E-state index >= 15 is 0 Å². The molecule has 4 rings (SSSR count). The molecule has 0 aliphatic carbocycles. The van der Waals surface area contributed by atoms with E-state index in [0.29, 0.717) is 16.6 Å². The molecule has 3 heterocycles. The number of hydrogen-bond acceptors (Lipinski definition) is 7. The third-order valence-corrected chi connectivity index (χ3v) is 5.74. The Balaban J connectivity index is 1.44. The number of thiazole rings is 1. The second-order valence-electron chi connectivity index (χ2n) is 5.64. The number of nitrogens with one attached hydrogen (secondary N) is 1. The zero-order valence-electron chi connectivity index (χ0n) is 14.4. The number of nitrogens with zero attached hydrogens (tertiary/aromatic N) is 2. The van der Waals surface area contributed by atoms with Crippen molar-refractivity contribution in [1.29, 1.82) is 5.26 Å². The molecule has 0 bridgehead atoms. The van der Waals surface area contributed by atoms with Gasteiger partial charge in [0.25, 0.3) is 5.91 Å². The van der Waals surface area contributed by atoms with E-state index in [-0.39, 0.29) is 12.1 Å². The highest BCUT2D eigenvalue weighted by molar-refractivity contribution is 8.01. The van der Waals surface area contributed by atoms with Crippen molar-refractivity contribution in [2.75, 3.05) is 0 Å². The summed E-state index contributed by atoms with van der Waals surface area (Å²) in [5, 5.41) is 12.6. The number of rotatable bonds is 6. The van der Waals surface area contributed by atoms with Crippen LogP contribution in [0.15, 0.2) is 78.6 Å². The quantitative estimate of drug-likeness (QED) is 0.363. The molecule has 3 aromatic heterocycles. The predicted molar refractivity (Wildman–Crippen MR) is 107 cm³/mol. The van der Waals surface area contributed by atoms with Crippen molar-refractivity contribution in [3.63, 3.8) is 0 Å². The monoisotopic (exact) mass is 407 g/mol. The van der Waals surface area contributed by atoms with Crippen LogP contribution in [0.4, 0.5) is 0 Å². The molecule has 0 atom stereocenters. The largest absolute Gasteiger partial charge is 0.467 e. The summed E-state index contributed by atoms with van der Waals surface area (Å²) in [6.45, 7) is 0.210. The van der Waals surface area contributed by atoms with Crippen LogP contribution < -0.4 is 5.32 Å². The standard InChI is InChI=1S/C20H13N3O3S2/c21-11-13(19(24)22-12-15-4-3-9-25-15)10-14-7-8-18(26-14)28-20-23-16-5-1-2-6-17(16)27-20/h1-10H,12H2,(H,22,24). The first-order valence-electron chi connectivity index (χ1n) is 8.27. The summed E-state index contributed by atoms with van der Waals surface area (Å²) in [5.74, 6) is 0.544. The molecular weight excluding hydrogens is 394 g/mol. The van der Waals surface area contributed by atoms with Crippen molar-refractivity contribution in [3.8, 4) is 6.07 Å². The minimum Gasteiger partial charge on any atom is -0.467 e. The number of nitriles is 1. The van der Waals surface area contributed by atoms with Crippen molar-refractivity contribution >= 4 is 45.3 Å². The molecule has 138 valence electrons. The molecule has 0 saturated carbocycles. The molecule has 0 saturated heterocycles. The van der Waals surface area contributed by atoms with Crippen LogP contribution in [-0.2, 0) is 11.3 Å². The summed E-state index contributed by atoms with van der Waals surface area (Å²) < 4.78 is 12.8. The molecule has 28 heavy (non-hydrogen) atoms. The number of aromatic nitrogens is 1. The summed E-state index contributed by atoms with van der Waals surface area (Å²) >= 11 is 2.98. The van der Waals surface area contributed by atoms with Gasteiger partial charge in [-0.3, -0.25) is 4.79 Å². The Morgan fingerprint density at radius 1 is 1.25 bits per heavy atom. The van der Waals surface area contributed by atoms with E-state index in [0.717, 1.165) is 14.6 Å². The minimum absolute atomic E-state index is 0.0440. The second-order valence-corrected chi connectivity index (χ2v) is 7.92. The minimum atomic E-state index is -0.490. The highest BCUT2D eigenvalue weighted by Crippen LogP contribution is 2.35. The summed E-state index contributed by atoms with van der Waals surface area (Å²) in [5.41, 5.74) is 0.902. The normalized spacial score (nSPS) is 11.5. The first kappa shape index (κ1) is 18.1. The van der Waals surface area contributed by atoms with Crippen LogP contribution in [0.1, 0.15) is 11.5 Å². The lowest BCUT2D eigenvalue weighted by Crippen LogP contribution is -2.23. The summed E-state index contributed by atoms with van der Waals surface area (Å²) in [7, 11) is 0. The summed E-state index contributed by atoms with van der Waals surface area (Å²) in [4.78, 5) is 16.7. The van der Waals surface area contributed by atoms with Crippen LogP contribution >= 0.6 is 23.1 Å². The molecule has 0 aliphatic heterocycles. The molecule has 6 nitrogen and oxygen atoms in total. The van der Waals surface area contributed by atoms with E-state index < -0.39 is 5.91 Å². The second kappa shape index (κ2) is 8.17. The topological polar surface area (TPSA) is 92.1 Å². The fraction of sp³-hybridized carbons (Fsp3) is 0.0500. The fourth-order valence-corrected chi connectivity index (χ4v) is 4.38. The molecule has 0 spiro atoms. The number of amides is 1. The number of hydrogen-bond donors (Lipinski definition) is 1. The lowest BCUT2D eigenvalue weighted by molar-refractivity contribution is -0.117. The highest BCUT2D eigenvalue weighted by Gasteiger charge is 2.12. The maximum absolute atomic E-state index is 12.2. The van der Waals surface area contributed by atoms with E-state index in [9.17, 15) is 10.1 Å². The maximum Gasteiger partial charge on any atom is 0.262 e. The molecule has 0 radical (unpaired) electrons. The Hall–Kier alpha value is -3.28. The van der Waals surface area contributed by atoms with Crippen molar-refractivity contribution in [3.05, 3.63) is 71.9 Å². The van der Waals surface area contributed by atoms with Gasteiger partial charge in [-0.25, -0.2) is 4.98 Å². The Kier molecular flexibility index (Phi) is 5.28. The molecule has 8 heteroatoms. The summed E-state index contributed by atoms with van der Waals surface area (Å²) in [6.07, 6.45) is 2.94. The number of fused-ring (bicyclic) bond motifs is 1. The number of carbonyl (C=O) groups excluding carboxylic acids is 1. The van der Waals surface area contributed by atoms with Crippen LogP contribution in [-0.4, -0.2) is 10.9 Å². The van der Waals surface area contributed by atoms with Crippen LogP contribution in [0.3, 0.4) is 0 Å². The highest BCUT2D eigenvalue weighted by atomic mass is 32.2. The number of furan rings is 2. The first-order chi connectivity index (χ1) is 13.7.